The molecule has 17 heavy (non-hydrogen) atoms. The predicted octanol–water partition coefficient (Wildman–Crippen LogP) is 0.631. The molecule has 0 bridgehead atoms. The minimum Gasteiger partial charge on any atom is -0.361 e. The van der Waals surface area contributed by atoms with Crippen molar-refractivity contribution in [2.75, 3.05) is 11.9 Å². The molecule has 0 aromatic carbocycles. The van der Waals surface area contributed by atoms with Gasteiger partial charge in [-0.25, -0.2) is 0 Å². The zero-order valence-corrected chi connectivity index (χ0v) is 9.93. The molecule has 2 heterocycles. The highest BCUT2D eigenvalue weighted by Crippen LogP contribution is 2.18. The number of hydrogen-bond donors (Lipinski definition) is 1. The highest BCUT2D eigenvalue weighted by molar-refractivity contribution is 6.01. The normalized spacial score (nSPS) is 20.0. The van der Waals surface area contributed by atoms with Gasteiger partial charge < -0.3 is 4.90 Å². The van der Waals surface area contributed by atoms with Crippen LogP contribution >= 0.6 is 0 Å². The molecule has 1 saturated heterocycles. The number of carbonyl (C=O) groups excluding carboxylic acids is 2. The average molecular weight is 233 g/mol. The van der Waals surface area contributed by atoms with E-state index in [0.717, 1.165) is 11.4 Å². The molecule has 0 spiro atoms. The second-order valence-electron chi connectivity index (χ2n) is 4.24. The van der Waals surface area contributed by atoms with Crippen LogP contribution < -0.4 is 10.2 Å². The molecule has 2 rings (SSSR count). The molecule has 0 saturated carbocycles. The molecule has 1 fully saturated rings. The Morgan fingerprint density at radius 1 is 1.41 bits per heavy atom. The molecule has 5 nitrogen and oxygen atoms in total. The van der Waals surface area contributed by atoms with Crippen LogP contribution in [0.5, 0.6) is 0 Å². The number of likely N-dealkylation sites (N-methyl/N-ethyl adjacent to an activating group) is 1. The first-order valence-electron chi connectivity index (χ1n) is 5.57. The Bertz CT molecular complexity index is 442. The maximum Gasteiger partial charge on any atom is 0.249 e. The van der Waals surface area contributed by atoms with E-state index in [1.807, 2.05) is 31.0 Å². The third-order valence-electron chi connectivity index (χ3n) is 2.98. The molecule has 0 radical (unpaired) electrons. The Hall–Kier alpha value is -1.91. The SMILES string of the molecule is Cc1ccc(N(C)[C@H]2CCC(=O)NC2=O)cn1. The Balaban J connectivity index is 2.14. The maximum absolute atomic E-state index is 11.7. The number of imide groups is 1. The molecule has 5 heteroatoms. The van der Waals surface area contributed by atoms with Crippen LogP contribution in [0.3, 0.4) is 0 Å². The van der Waals surface area contributed by atoms with E-state index < -0.39 is 0 Å². The van der Waals surface area contributed by atoms with E-state index in [1.165, 1.54) is 0 Å². The van der Waals surface area contributed by atoms with Crippen molar-refractivity contribution < 1.29 is 9.59 Å². The van der Waals surface area contributed by atoms with Gasteiger partial charge >= 0.3 is 0 Å². The van der Waals surface area contributed by atoms with E-state index in [-0.39, 0.29) is 17.9 Å². The molecule has 0 unspecified atom stereocenters. The zero-order valence-electron chi connectivity index (χ0n) is 9.93. The van der Waals surface area contributed by atoms with Crippen molar-refractivity contribution >= 4 is 17.5 Å². The zero-order chi connectivity index (χ0) is 12.4. The molecule has 1 aromatic rings. The van der Waals surface area contributed by atoms with Crippen LogP contribution in [-0.4, -0.2) is 29.9 Å². The van der Waals surface area contributed by atoms with Crippen LogP contribution in [0.25, 0.3) is 0 Å². The number of piperidine rings is 1. The fourth-order valence-corrected chi connectivity index (χ4v) is 1.90. The summed E-state index contributed by atoms with van der Waals surface area (Å²) in [6.45, 7) is 1.91. The number of pyridine rings is 1. The number of rotatable bonds is 2. The highest BCUT2D eigenvalue weighted by Gasteiger charge is 2.29. The van der Waals surface area contributed by atoms with Crippen LogP contribution in [0, 0.1) is 6.92 Å². The van der Waals surface area contributed by atoms with Crippen molar-refractivity contribution in [2.45, 2.75) is 25.8 Å². The van der Waals surface area contributed by atoms with Crippen LogP contribution in [-0.2, 0) is 9.59 Å². The van der Waals surface area contributed by atoms with Gasteiger partial charge in [-0.05, 0) is 25.5 Å². The minimum absolute atomic E-state index is 0.193. The number of nitrogens with one attached hydrogen (secondary N) is 1. The summed E-state index contributed by atoms with van der Waals surface area (Å²) in [5.74, 6) is -0.425. The Morgan fingerprint density at radius 2 is 2.18 bits per heavy atom. The lowest BCUT2D eigenvalue weighted by atomic mass is 10.0. The van der Waals surface area contributed by atoms with Gasteiger partial charge in [-0.15, -0.1) is 0 Å². The number of aromatic nitrogens is 1. The number of hydrogen-bond acceptors (Lipinski definition) is 4. The Kier molecular flexibility index (Phi) is 3.08. The van der Waals surface area contributed by atoms with Gasteiger partial charge in [0.25, 0.3) is 0 Å². The molecular formula is C12H15N3O2. The van der Waals surface area contributed by atoms with Crippen LogP contribution in [0.15, 0.2) is 18.3 Å². The molecule has 0 aliphatic carbocycles. The fraction of sp³-hybridized carbons (Fsp3) is 0.417. The monoisotopic (exact) mass is 233 g/mol. The van der Waals surface area contributed by atoms with Crippen molar-refractivity contribution in [2.24, 2.45) is 0 Å². The van der Waals surface area contributed by atoms with Crippen LogP contribution in [0.4, 0.5) is 5.69 Å². The molecule has 1 aliphatic heterocycles. The summed E-state index contributed by atoms with van der Waals surface area (Å²) in [4.78, 5) is 28.8. The Labute approximate surface area is 99.8 Å². The minimum atomic E-state index is -0.294. The van der Waals surface area contributed by atoms with E-state index in [1.54, 1.807) is 6.20 Å². The molecule has 1 aliphatic rings. The van der Waals surface area contributed by atoms with Crippen molar-refractivity contribution in [1.82, 2.24) is 10.3 Å². The first-order valence-corrected chi connectivity index (χ1v) is 5.57. The lowest BCUT2D eigenvalue weighted by Gasteiger charge is -2.31. The van der Waals surface area contributed by atoms with Crippen molar-refractivity contribution in [3.63, 3.8) is 0 Å². The highest BCUT2D eigenvalue weighted by atomic mass is 16.2. The summed E-state index contributed by atoms with van der Waals surface area (Å²) in [6, 6.07) is 3.53. The van der Waals surface area contributed by atoms with Gasteiger partial charge in [0.1, 0.15) is 6.04 Å². The quantitative estimate of drug-likeness (QED) is 0.761. The standard InChI is InChI=1S/C12H15N3O2/c1-8-3-4-9(7-13-8)15(2)10-5-6-11(16)14-12(10)17/h3-4,7,10H,5-6H2,1-2H3,(H,14,16,17)/t10-/m0/s1. The van der Waals surface area contributed by atoms with Crippen molar-refractivity contribution in [3.8, 4) is 0 Å². The second kappa shape index (κ2) is 4.53. The number of carbonyl (C=O) groups is 2. The second-order valence-corrected chi connectivity index (χ2v) is 4.24. The maximum atomic E-state index is 11.7. The van der Waals surface area contributed by atoms with E-state index in [9.17, 15) is 9.59 Å². The Morgan fingerprint density at radius 3 is 2.76 bits per heavy atom. The number of amides is 2. The van der Waals surface area contributed by atoms with Gasteiger partial charge in [0.2, 0.25) is 11.8 Å². The van der Waals surface area contributed by atoms with Crippen molar-refractivity contribution in [1.29, 1.82) is 0 Å². The molecule has 1 N–H and O–H groups in total. The van der Waals surface area contributed by atoms with Gasteiger partial charge in [-0.2, -0.15) is 0 Å². The third-order valence-corrected chi connectivity index (χ3v) is 2.98. The topological polar surface area (TPSA) is 62.3 Å². The summed E-state index contributed by atoms with van der Waals surface area (Å²) in [6.07, 6.45) is 2.67. The lowest BCUT2D eigenvalue weighted by molar-refractivity contribution is -0.134. The first kappa shape index (κ1) is 11.6. The summed E-state index contributed by atoms with van der Waals surface area (Å²) in [7, 11) is 1.84. The van der Waals surface area contributed by atoms with E-state index in [0.29, 0.717) is 12.8 Å². The fourth-order valence-electron chi connectivity index (χ4n) is 1.90. The summed E-state index contributed by atoms with van der Waals surface area (Å²) >= 11 is 0. The smallest absolute Gasteiger partial charge is 0.249 e. The van der Waals surface area contributed by atoms with Crippen LogP contribution in [0.2, 0.25) is 0 Å². The average Bonchev–Trinajstić information content (AvgIpc) is 2.29. The van der Waals surface area contributed by atoms with E-state index >= 15 is 0 Å². The summed E-state index contributed by atoms with van der Waals surface area (Å²) in [5, 5.41) is 2.35. The van der Waals surface area contributed by atoms with Gasteiger partial charge in [0.05, 0.1) is 11.9 Å². The molecule has 90 valence electrons. The molecular weight excluding hydrogens is 218 g/mol. The molecule has 1 atom stereocenters. The molecule has 2 amide bonds. The summed E-state index contributed by atoms with van der Waals surface area (Å²) < 4.78 is 0. The third kappa shape index (κ3) is 2.43. The number of aryl methyl sites for hydroxylation is 1. The number of anilines is 1. The van der Waals surface area contributed by atoms with E-state index in [4.69, 9.17) is 0 Å². The predicted molar refractivity (Wildman–Crippen MR) is 63.5 cm³/mol. The van der Waals surface area contributed by atoms with Crippen molar-refractivity contribution in [3.05, 3.63) is 24.0 Å². The van der Waals surface area contributed by atoms with Gasteiger partial charge in [-0.3, -0.25) is 19.9 Å². The lowest BCUT2D eigenvalue weighted by Crippen LogP contribution is -2.51. The largest absolute Gasteiger partial charge is 0.361 e. The van der Waals surface area contributed by atoms with Gasteiger partial charge in [-0.1, -0.05) is 0 Å². The van der Waals surface area contributed by atoms with E-state index in [2.05, 4.69) is 10.3 Å². The number of nitrogens with zero attached hydrogens (tertiary/aromatic N) is 2. The molecule has 1 aromatic heterocycles. The van der Waals surface area contributed by atoms with Crippen LogP contribution in [0.1, 0.15) is 18.5 Å². The summed E-state index contributed by atoms with van der Waals surface area (Å²) in [5.41, 5.74) is 1.82. The van der Waals surface area contributed by atoms with Gasteiger partial charge in [0.15, 0.2) is 0 Å². The van der Waals surface area contributed by atoms with Gasteiger partial charge in [0, 0.05) is 19.2 Å². The first-order chi connectivity index (χ1) is 8.08.